The predicted octanol–water partition coefficient (Wildman–Crippen LogP) is -2.46. The van der Waals surface area contributed by atoms with Crippen molar-refractivity contribution in [3.8, 4) is 0 Å². The molecule has 2 rings (SSSR count). The number of nitrogens with two attached hydrogens (primary N) is 2. The molecule has 3 amide bonds. The molecule has 186 valence electrons. The van der Waals surface area contributed by atoms with Crippen LogP contribution in [-0.2, 0) is 32.0 Å². The summed E-state index contributed by atoms with van der Waals surface area (Å²) in [5.41, 5.74) is 12.5. The summed E-state index contributed by atoms with van der Waals surface area (Å²) in [4.78, 5) is 62.2. The Labute approximate surface area is 195 Å². The molecule has 3 atom stereocenters. The molecule has 0 unspecified atom stereocenters. The minimum atomic E-state index is -1.23. The van der Waals surface area contributed by atoms with E-state index >= 15 is 0 Å². The van der Waals surface area contributed by atoms with Crippen LogP contribution < -0.4 is 27.4 Å². The number of carboxylic acids is 1. The van der Waals surface area contributed by atoms with Crippen molar-refractivity contribution in [1.29, 1.82) is 0 Å². The summed E-state index contributed by atoms with van der Waals surface area (Å²) in [5.74, 6) is -3.04. The summed E-state index contributed by atoms with van der Waals surface area (Å²) in [6, 6.07) is -3.11. The molecule has 34 heavy (non-hydrogen) atoms. The van der Waals surface area contributed by atoms with Gasteiger partial charge in [0.1, 0.15) is 12.1 Å². The first-order valence-corrected chi connectivity index (χ1v) is 10.8. The van der Waals surface area contributed by atoms with Gasteiger partial charge in [0.15, 0.2) is 0 Å². The molecule has 0 spiro atoms. The van der Waals surface area contributed by atoms with Crippen molar-refractivity contribution in [3.63, 3.8) is 0 Å². The number of rotatable bonds is 15. The van der Waals surface area contributed by atoms with Gasteiger partial charge in [-0.25, -0.2) is 14.8 Å². The van der Waals surface area contributed by atoms with Gasteiger partial charge in [-0.1, -0.05) is 0 Å². The van der Waals surface area contributed by atoms with E-state index in [1.165, 1.54) is 18.9 Å². The van der Waals surface area contributed by atoms with Gasteiger partial charge >= 0.3 is 5.97 Å². The maximum atomic E-state index is 12.8. The Morgan fingerprint density at radius 3 is 2.15 bits per heavy atom. The number of imidazole rings is 2. The van der Waals surface area contributed by atoms with E-state index < -0.39 is 48.4 Å². The third-order valence-electron chi connectivity index (χ3n) is 4.95. The van der Waals surface area contributed by atoms with Crippen molar-refractivity contribution in [1.82, 2.24) is 35.9 Å². The molecular weight excluding hydrogens is 446 g/mol. The van der Waals surface area contributed by atoms with Gasteiger partial charge in [-0.15, -0.1) is 0 Å². The highest BCUT2D eigenvalue weighted by Crippen LogP contribution is 2.04. The number of amides is 3. The number of carboxylic acid groups (broad SMARTS) is 1. The number of aromatic nitrogens is 4. The molecule has 14 heteroatoms. The number of aliphatic carboxylic acids is 1. The molecule has 2 aromatic rings. The fourth-order valence-electron chi connectivity index (χ4n) is 3.12. The van der Waals surface area contributed by atoms with Gasteiger partial charge in [0.05, 0.1) is 25.2 Å². The number of aromatic amines is 2. The van der Waals surface area contributed by atoms with E-state index in [0.717, 1.165) is 0 Å². The van der Waals surface area contributed by atoms with Crippen LogP contribution in [-0.4, -0.2) is 79.9 Å². The first kappa shape index (κ1) is 26.5. The molecule has 0 aliphatic heterocycles. The zero-order valence-corrected chi connectivity index (χ0v) is 18.6. The van der Waals surface area contributed by atoms with Crippen LogP contribution in [0.5, 0.6) is 0 Å². The molecule has 0 fully saturated rings. The lowest BCUT2D eigenvalue weighted by atomic mass is 10.1. The van der Waals surface area contributed by atoms with Crippen LogP contribution in [0.2, 0.25) is 0 Å². The summed E-state index contributed by atoms with van der Waals surface area (Å²) in [6.45, 7) is 0.0107. The first-order chi connectivity index (χ1) is 16.3. The molecule has 0 saturated heterocycles. The third-order valence-corrected chi connectivity index (χ3v) is 4.95. The van der Waals surface area contributed by atoms with E-state index in [2.05, 4.69) is 35.9 Å². The molecule has 0 aliphatic carbocycles. The van der Waals surface area contributed by atoms with Gasteiger partial charge in [-0.2, -0.15) is 0 Å². The third kappa shape index (κ3) is 8.99. The summed E-state index contributed by atoms with van der Waals surface area (Å²) < 4.78 is 0. The zero-order chi connectivity index (χ0) is 24.9. The Bertz CT molecular complexity index is 917. The highest BCUT2D eigenvalue weighted by Gasteiger charge is 2.27. The minimum Gasteiger partial charge on any atom is -0.480 e. The lowest BCUT2D eigenvalue weighted by molar-refractivity contribution is -0.142. The SMILES string of the molecule is NCCCC[C@H](NC(=O)CNC(=O)[C@@H](N)Cc1cnc[nH]1)C(=O)N[C@@H](Cc1cnc[nH]1)C(=O)O. The van der Waals surface area contributed by atoms with Gasteiger partial charge in [0, 0.05) is 36.6 Å². The average molecular weight is 478 g/mol. The van der Waals surface area contributed by atoms with Crippen molar-refractivity contribution in [2.75, 3.05) is 13.1 Å². The summed E-state index contributed by atoms with van der Waals surface area (Å²) >= 11 is 0. The van der Waals surface area contributed by atoms with E-state index in [0.29, 0.717) is 30.8 Å². The Morgan fingerprint density at radius 2 is 1.59 bits per heavy atom. The summed E-state index contributed by atoms with van der Waals surface area (Å²) in [7, 11) is 0. The highest BCUT2D eigenvalue weighted by atomic mass is 16.4. The quantitative estimate of drug-likeness (QED) is 0.127. The van der Waals surface area contributed by atoms with Crippen LogP contribution in [0, 0.1) is 0 Å². The normalized spacial score (nSPS) is 13.5. The second-order valence-corrected chi connectivity index (χ2v) is 7.69. The van der Waals surface area contributed by atoms with Crippen molar-refractivity contribution in [2.45, 2.75) is 50.2 Å². The molecule has 0 aromatic carbocycles. The van der Waals surface area contributed by atoms with Crippen molar-refractivity contribution < 1.29 is 24.3 Å². The second kappa shape index (κ2) is 13.7. The molecular formula is C20H31N9O5. The van der Waals surface area contributed by atoms with Crippen LogP contribution >= 0.6 is 0 Å². The number of nitrogens with one attached hydrogen (secondary N) is 5. The predicted molar refractivity (Wildman–Crippen MR) is 120 cm³/mol. The van der Waals surface area contributed by atoms with Crippen LogP contribution in [0.25, 0.3) is 0 Å². The summed E-state index contributed by atoms with van der Waals surface area (Å²) in [5, 5.41) is 16.9. The van der Waals surface area contributed by atoms with E-state index in [1.807, 2.05) is 0 Å². The Kier molecular flexibility index (Phi) is 10.7. The molecule has 2 aromatic heterocycles. The number of nitrogens with zero attached hydrogens (tertiary/aromatic N) is 2. The Hall–Kier alpha value is -3.78. The highest BCUT2D eigenvalue weighted by molar-refractivity contribution is 5.92. The Balaban J connectivity index is 1.90. The smallest absolute Gasteiger partial charge is 0.326 e. The average Bonchev–Trinajstić information content (AvgIpc) is 3.50. The second-order valence-electron chi connectivity index (χ2n) is 7.69. The fraction of sp³-hybridized carbons (Fsp3) is 0.500. The van der Waals surface area contributed by atoms with Crippen molar-refractivity contribution >= 4 is 23.7 Å². The van der Waals surface area contributed by atoms with Gasteiger partial charge in [0.25, 0.3) is 0 Å². The van der Waals surface area contributed by atoms with Crippen LogP contribution in [0.3, 0.4) is 0 Å². The maximum absolute atomic E-state index is 12.8. The van der Waals surface area contributed by atoms with Crippen molar-refractivity contribution in [3.05, 3.63) is 36.4 Å². The van der Waals surface area contributed by atoms with E-state index in [1.54, 1.807) is 6.20 Å². The van der Waals surface area contributed by atoms with Crippen LogP contribution in [0.1, 0.15) is 30.7 Å². The van der Waals surface area contributed by atoms with Crippen LogP contribution in [0.4, 0.5) is 0 Å². The van der Waals surface area contributed by atoms with E-state index in [-0.39, 0.29) is 19.3 Å². The largest absolute Gasteiger partial charge is 0.480 e. The van der Waals surface area contributed by atoms with Crippen molar-refractivity contribution in [2.24, 2.45) is 11.5 Å². The van der Waals surface area contributed by atoms with Crippen LogP contribution in [0.15, 0.2) is 25.0 Å². The number of hydrogen-bond donors (Lipinski definition) is 8. The standard InChI is InChI=1S/C20H31N9O5/c21-4-2-1-3-15(19(32)29-16(20(33)34)6-13-8-24-11-27-13)28-17(30)9-25-18(31)14(22)5-12-7-23-10-26-12/h7-8,10-11,14-16H,1-6,9,21-22H2,(H,23,26)(H,24,27)(H,25,31)(H,28,30)(H,29,32)(H,33,34)/t14-,15-,16-/m0/s1. The molecule has 0 saturated carbocycles. The van der Waals surface area contributed by atoms with Gasteiger partial charge < -0.3 is 42.5 Å². The molecule has 0 aliphatic rings. The number of carbonyl (C=O) groups excluding carboxylic acids is 3. The molecule has 0 radical (unpaired) electrons. The lowest BCUT2D eigenvalue weighted by Crippen LogP contribution is -2.54. The number of carbonyl (C=O) groups is 4. The minimum absolute atomic E-state index is 0.00514. The zero-order valence-electron chi connectivity index (χ0n) is 18.6. The summed E-state index contributed by atoms with van der Waals surface area (Å²) in [6.07, 6.45) is 7.49. The fourth-order valence-corrected chi connectivity index (χ4v) is 3.12. The molecule has 14 nitrogen and oxygen atoms in total. The van der Waals surface area contributed by atoms with Gasteiger partial charge in [0.2, 0.25) is 17.7 Å². The lowest BCUT2D eigenvalue weighted by Gasteiger charge is -2.21. The maximum Gasteiger partial charge on any atom is 0.326 e. The van der Waals surface area contributed by atoms with E-state index in [9.17, 15) is 24.3 Å². The van der Waals surface area contributed by atoms with E-state index in [4.69, 9.17) is 11.5 Å². The number of unbranched alkanes of at least 4 members (excludes halogenated alkanes) is 1. The number of hydrogen-bond acceptors (Lipinski definition) is 8. The monoisotopic (exact) mass is 477 g/mol. The van der Waals surface area contributed by atoms with Gasteiger partial charge in [-0.3, -0.25) is 14.4 Å². The van der Waals surface area contributed by atoms with Gasteiger partial charge in [-0.05, 0) is 25.8 Å². The topological polar surface area (TPSA) is 234 Å². The molecule has 2 heterocycles. The molecule has 0 bridgehead atoms. The molecule has 10 N–H and O–H groups in total. The Morgan fingerprint density at radius 1 is 0.941 bits per heavy atom. The first-order valence-electron chi connectivity index (χ1n) is 10.8. The number of H-pyrrole nitrogens is 2.